The van der Waals surface area contributed by atoms with E-state index in [2.05, 4.69) is 40.5 Å². The molecule has 0 saturated carbocycles. The molecule has 42 heavy (non-hydrogen) atoms. The minimum atomic E-state index is -3.39. The first-order valence-electron chi connectivity index (χ1n) is 12.3. The van der Waals surface area contributed by atoms with Crippen molar-refractivity contribution in [3.05, 3.63) is 79.4 Å². The minimum Gasteiger partial charge on any atom is -0.466 e. The summed E-state index contributed by atoms with van der Waals surface area (Å²) in [5, 5.41) is 8.10. The summed E-state index contributed by atoms with van der Waals surface area (Å²) in [5.41, 5.74) is 1.85. The zero-order valence-electron chi connectivity index (χ0n) is 24.5. The second kappa shape index (κ2) is 22.6. The van der Waals surface area contributed by atoms with Gasteiger partial charge in [0.05, 0.1) is 31.0 Å². The number of carbonyl (C=O) groups is 4. The zero-order chi connectivity index (χ0) is 32.7. The Kier molecular flexibility index (Phi) is 21.6. The molecule has 1 aliphatic rings. The summed E-state index contributed by atoms with van der Waals surface area (Å²) >= 11 is 0. The molecule has 1 atom stereocenters. The van der Waals surface area contributed by atoms with Crippen LogP contribution in [0.2, 0.25) is 0 Å². The maximum Gasteiger partial charge on any atom is 0.333 e. The molecule has 2 rings (SSSR count). The third-order valence-corrected chi connectivity index (χ3v) is 6.02. The lowest BCUT2D eigenvalue weighted by molar-refractivity contribution is -0.140. The van der Waals surface area contributed by atoms with Gasteiger partial charge in [0.2, 0.25) is 0 Å². The van der Waals surface area contributed by atoms with Gasteiger partial charge in [0.1, 0.15) is 25.9 Å². The predicted molar refractivity (Wildman–Crippen MR) is 155 cm³/mol. The third kappa shape index (κ3) is 21.7. The molecule has 12 nitrogen and oxygen atoms in total. The second-order valence-electron chi connectivity index (χ2n) is 8.20. The SMILES string of the molecule is C=C(C)C(=O)OC.C=C(C)C(=O)OCC1CO1.C=CC(=O)OCCO.C=CC(=O)OCCS(=O)(=O)c1ccc(C)cc1. The molecule has 1 fully saturated rings. The molecule has 1 aromatic carbocycles. The van der Waals surface area contributed by atoms with Crippen LogP contribution in [0.5, 0.6) is 0 Å². The molecular formula is C29H40O12S. The molecule has 0 aliphatic carbocycles. The van der Waals surface area contributed by atoms with Crippen molar-refractivity contribution >= 4 is 33.7 Å². The maximum absolute atomic E-state index is 11.8. The van der Waals surface area contributed by atoms with Crippen molar-refractivity contribution in [1.82, 2.24) is 0 Å². The molecule has 0 amide bonds. The molecule has 1 unspecified atom stereocenters. The second-order valence-corrected chi connectivity index (χ2v) is 10.3. The van der Waals surface area contributed by atoms with Crippen molar-refractivity contribution in [3.8, 4) is 0 Å². The Bertz CT molecular complexity index is 1160. The van der Waals surface area contributed by atoms with E-state index in [1.165, 1.54) is 7.11 Å². The molecule has 234 valence electrons. The van der Waals surface area contributed by atoms with E-state index in [4.69, 9.17) is 14.6 Å². The number of aliphatic hydroxyl groups is 1. The summed E-state index contributed by atoms with van der Waals surface area (Å²) < 4.78 is 46.4. The molecule has 1 aliphatic heterocycles. The normalized spacial score (nSPS) is 12.5. The zero-order valence-corrected chi connectivity index (χ0v) is 25.3. The van der Waals surface area contributed by atoms with Crippen molar-refractivity contribution in [2.24, 2.45) is 0 Å². The Balaban J connectivity index is 0. The lowest BCUT2D eigenvalue weighted by atomic mass is 10.2. The number of rotatable bonds is 12. The van der Waals surface area contributed by atoms with Crippen molar-refractivity contribution in [2.75, 3.05) is 45.9 Å². The summed E-state index contributed by atoms with van der Waals surface area (Å²) in [6, 6.07) is 6.53. The van der Waals surface area contributed by atoms with E-state index in [0.29, 0.717) is 24.4 Å². The number of ether oxygens (including phenoxy) is 5. The van der Waals surface area contributed by atoms with Gasteiger partial charge in [-0.05, 0) is 32.9 Å². The summed E-state index contributed by atoms with van der Waals surface area (Å²) in [7, 11) is -2.06. The first-order chi connectivity index (χ1) is 19.6. The maximum atomic E-state index is 11.8. The number of epoxide rings is 1. The van der Waals surface area contributed by atoms with Crippen molar-refractivity contribution < 1.29 is 56.4 Å². The van der Waals surface area contributed by atoms with Gasteiger partial charge in [0.25, 0.3) is 0 Å². The van der Waals surface area contributed by atoms with E-state index in [9.17, 15) is 27.6 Å². The van der Waals surface area contributed by atoms with E-state index >= 15 is 0 Å². The summed E-state index contributed by atoms with van der Waals surface area (Å²) in [5.74, 6) is -2.03. The smallest absolute Gasteiger partial charge is 0.333 e. The monoisotopic (exact) mass is 612 g/mol. The molecule has 1 N–H and O–H groups in total. The minimum absolute atomic E-state index is 0.0465. The van der Waals surface area contributed by atoms with Crippen LogP contribution in [0.15, 0.2) is 78.8 Å². The van der Waals surface area contributed by atoms with Crippen LogP contribution in [0.25, 0.3) is 0 Å². The van der Waals surface area contributed by atoms with Crippen LogP contribution >= 0.6 is 0 Å². The lowest BCUT2D eigenvalue weighted by Gasteiger charge is -2.05. The van der Waals surface area contributed by atoms with E-state index in [1.807, 2.05) is 6.92 Å². The van der Waals surface area contributed by atoms with E-state index in [0.717, 1.165) is 17.7 Å². The number of carbonyl (C=O) groups excluding carboxylic acids is 4. The van der Waals surface area contributed by atoms with Gasteiger partial charge in [-0.25, -0.2) is 27.6 Å². The van der Waals surface area contributed by atoms with E-state index < -0.39 is 21.8 Å². The number of hydrogen-bond donors (Lipinski definition) is 1. The fraction of sp³-hybridized carbons (Fsp3) is 0.379. The van der Waals surface area contributed by atoms with Gasteiger partial charge in [0, 0.05) is 23.3 Å². The highest BCUT2D eigenvalue weighted by molar-refractivity contribution is 7.91. The molecule has 0 spiro atoms. The van der Waals surface area contributed by atoms with Crippen LogP contribution in [-0.2, 0) is 52.7 Å². The molecule has 1 saturated heterocycles. The molecular weight excluding hydrogens is 572 g/mol. The van der Waals surface area contributed by atoms with Crippen LogP contribution in [0.1, 0.15) is 19.4 Å². The highest BCUT2D eigenvalue weighted by Gasteiger charge is 2.24. The first-order valence-corrected chi connectivity index (χ1v) is 14.0. The fourth-order valence-corrected chi connectivity index (χ4v) is 3.10. The Morgan fingerprint density at radius 3 is 1.76 bits per heavy atom. The number of aliphatic hydroxyl groups excluding tert-OH is 1. The Hall–Kier alpha value is -4.07. The quantitative estimate of drug-likeness (QED) is 0.158. The number of benzene rings is 1. The topological polar surface area (TPSA) is 172 Å². The van der Waals surface area contributed by atoms with Gasteiger partial charge in [-0.1, -0.05) is 44.0 Å². The summed E-state index contributed by atoms with van der Waals surface area (Å²) in [4.78, 5) is 42.0. The Labute approximate surface area is 247 Å². The van der Waals surface area contributed by atoms with Crippen LogP contribution in [0.4, 0.5) is 0 Å². The van der Waals surface area contributed by atoms with Crippen molar-refractivity contribution in [3.63, 3.8) is 0 Å². The Morgan fingerprint density at radius 2 is 1.40 bits per heavy atom. The third-order valence-electron chi connectivity index (χ3n) is 4.33. The first kappa shape index (κ1) is 40.1. The van der Waals surface area contributed by atoms with Gasteiger partial charge in [-0.15, -0.1) is 0 Å². The molecule has 0 bridgehead atoms. The van der Waals surface area contributed by atoms with Gasteiger partial charge in [-0.3, -0.25) is 0 Å². The van der Waals surface area contributed by atoms with Crippen LogP contribution in [0, 0.1) is 6.92 Å². The standard InChI is InChI=1S/C12H14O4S.C7H10O3.C5H8O3.C5H8O2/c1-3-12(13)16-8-9-17(14,15)11-6-4-10(2)5-7-11;1-5(2)7(8)10-4-6-3-9-6;1-2-5(7)8-4-3-6;1-4(2)5(6)7-3/h3-7H,1,8-9H2,2H3;6H,1,3-4H2,2H3;2,6H,1,3-4H2;1H2,2-3H3. The van der Waals surface area contributed by atoms with Gasteiger partial charge in [0.15, 0.2) is 9.84 Å². The molecule has 0 aromatic heterocycles. The summed E-state index contributed by atoms with van der Waals surface area (Å²) in [6.45, 7) is 19.1. The number of esters is 4. The molecule has 1 heterocycles. The predicted octanol–water partition coefficient (Wildman–Crippen LogP) is 2.45. The highest BCUT2D eigenvalue weighted by atomic mass is 32.2. The van der Waals surface area contributed by atoms with Crippen LogP contribution < -0.4 is 0 Å². The average molecular weight is 613 g/mol. The molecule has 1 aromatic rings. The average Bonchev–Trinajstić information content (AvgIpc) is 3.79. The van der Waals surface area contributed by atoms with Gasteiger partial charge >= 0.3 is 23.9 Å². The van der Waals surface area contributed by atoms with E-state index in [1.54, 1.807) is 38.1 Å². The summed E-state index contributed by atoms with van der Waals surface area (Å²) in [6.07, 6.45) is 2.19. The largest absolute Gasteiger partial charge is 0.466 e. The molecule has 13 heteroatoms. The van der Waals surface area contributed by atoms with Crippen LogP contribution in [0.3, 0.4) is 0 Å². The number of aryl methyl sites for hydroxylation is 1. The number of sulfone groups is 1. The van der Waals surface area contributed by atoms with Crippen LogP contribution in [-0.4, -0.2) is 89.4 Å². The molecule has 0 radical (unpaired) electrons. The van der Waals surface area contributed by atoms with Gasteiger partial charge < -0.3 is 28.8 Å². The highest BCUT2D eigenvalue weighted by Crippen LogP contribution is 2.12. The lowest BCUT2D eigenvalue weighted by Crippen LogP contribution is -2.14. The fourth-order valence-electron chi connectivity index (χ4n) is 2.01. The Morgan fingerprint density at radius 1 is 0.929 bits per heavy atom. The number of methoxy groups -OCH3 is 1. The van der Waals surface area contributed by atoms with Gasteiger partial charge in [-0.2, -0.15) is 0 Å². The van der Waals surface area contributed by atoms with E-state index in [-0.39, 0.29) is 48.5 Å². The number of hydrogen-bond acceptors (Lipinski definition) is 12. The van der Waals surface area contributed by atoms with Crippen molar-refractivity contribution in [2.45, 2.75) is 31.8 Å². The van der Waals surface area contributed by atoms with Crippen molar-refractivity contribution in [1.29, 1.82) is 0 Å².